The summed E-state index contributed by atoms with van der Waals surface area (Å²) in [6, 6.07) is 12.2. The molecule has 2 aliphatic heterocycles. The van der Waals surface area contributed by atoms with Crippen LogP contribution in [-0.4, -0.2) is 7.05 Å². The van der Waals surface area contributed by atoms with Crippen LogP contribution in [0.15, 0.2) is 87.2 Å². The van der Waals surface area contributed by atoms with Gasteiger partial charge in [-0.25, -0.2) is 0 Å². The summed E-state index contributed by atoms with van der Waals surface area (Å²) in [7, 11) is 2.04. The summed E-state index contributed by atoms with van der Waals surface area (Å²) in [5.41, 5.74) is 1.61. The average molecular weight is 388 g/mol. The van der Waals surface area contributed by atoms with Crippen LogP contribution in [0.1, 0.15) is 20.8 Å². The monoisotopic (exact) mass is 387 g/mol. The first kappa shape index (κ1) is 19.6. The van der Waals surface area contributed by atoms with Crippen LogP contribution in [0.4, 0.5) is 5.69 Å². The topological polar surface area (TPSA) is 60.0 Å². The molecular weight excluding hydrogens is 366 g/mol. The first-order valence-corrected chi connectivity index (χ1v) is 9.70. The van der Waals surface area contributed by atoms with Crippen molar-refractivity contribution in [1.29, 1.82) is 10.5 Å². The number of nitrogens with zero attached hydrogens (tertiary/aromatic N) is 3. The van der Waals surface area contributed by atoms with E-state index in [1.165, 1.54) is 10.6 Å². The van der Waals surface area contributed by atoms with Crippen molar-refractivity contribution in [3.05, 3.63) is 82.3 Å². The smallest absolute Gasteiger partial charge is 0.137 e. The van der Waals surface area contributed by atoms with Crippen molar-refractivity contribution in [2.24, 2.45) is 5.41 Å². The molecule has 0 bridgehead atoms. The molecule has 1 aromatic carbocycles. The van der Waals surface area contributed by atoms with Gasteiger partial charge in [0.25, 0.3) is 0 Å². The molecule has 4 nitrogen and oxygen atoms in total. The Bertz CT molecular complexity index is 1020. The Kier molecular flexibility index (Phi) is 5.49. The molecule has 0 spiro atoms. The Labute approximate surface area is 170 Å². The second kappa shape index (κ2) is 7.84. The predicted octanol–water partition coefficient (Wildman–Crippen LogP) is 5.81. The SMILES string of the molecule is CN1/C(=C/C=C/C2=CC(=C(C#N)C#N)C=C(C(C)(C)C)O2)Sc2ccccc21. The molecule has 0 atom stereocenters. The van der Waals surface area contributed by atoms with Crippen molar-refractivity contribution in [2.75, 3.05) is 11.9 Å². The molecule has 1 aromatic rings. The zero-order valence-corrected chi connectivity index (χ0v) is 17.2. The third kappa shape index (κ3) is 4.06. The molecule has 0 unspecified atom stereocenters. The van der Waals surface area contributed by atoms with Gasteiger partial charge in [-0.15, -0.1) is 0 Å². The number of rotatable bonds is 2. The summed E-state index contributed by atoms with van der Waals surface area (Å²) in [4.78, 5) is 3.38. The number of para-hydroxylation sites is 1. The highest BCUT2D eigenvalue weighted by atomic mass is 32.2. The number of hydrogen-bond donors (Lipinski definition) is 0. The summed E-state index contributed by atoms with van der Waals surface area (Å²) in [5, 5.41) is 19.6. The average Bonchev–Trinajstić information content (AvgIpc) is 2.98. The van der Waals surface area contributed by atoms with Gasteiger partial charge in [0.15, 0.2) is 0 Å². The van der Waals surface area contributed by atoms with Crippen LogP contribution in [-0.2, 0) is 4.74 Å². The van der Waals surface area contributed by atoms with E-state index in [1.807, 2.05) is 70.3 Å². The minimum Gasteiger partial charge on any atom is -0.461 e. The normalized spacial score (nSPS) is 17.6. The van der Waals surface area contributed by atoms with E-state index in [-0.39, 0.29) is 11.0 Å². The zero-order chi connectivity index (χ0) is 20.3. The van der Waals surface area contributed by atoms with Gasteiger partial charge in [-0.3, -0.25) is 0 Å². The molecule has 5 heteroatoms. The van der Waals surface area contributed by atoms with Crippen LogP contribution in [0.5, 0.6) is 0 Å². The third-order valence-corrected chi connectivity index (χ3v) is 5.52. The fraction of sp³-hybridized carbons (Fsp3) is 0.217. The van der Waals surface area contributed by atoms with Gasteiger partial charge < -0.3 is 9.64 Å². The van der Waals surface area contributed by atoms with E-state index in [9.17, 15) is 10.5 Å². The van der Waals surface area contributed by atoms with Crippen LogP contribution < -0.4 is 4.90 Å². The fourth-order valence-corrected chi connectivity index (χ4v) is 3.83. The fourth-order valence-electron chi connectivity index (χ4n) is 2.76. The summed E-state index contributed by atoms with van der Waals surface area (Å²) in [6.45, 7) is 6.10. The number of hydrogen-bond acceptors (Lipinski definition) is 5. The van der Waals surface area contributed by atoms with Gasteiger partial charge in [-0.1, -0.05) is 50.7 Å². The first-order valence-electron chi connectivity index (χ1n) is 8.88. The molecule has 28 heavy (non-hydrogen) atoms. The Hall–Kier alpha value is -3.15. The minimum atomic E-state index is -0.240. The van der Waals surface area contributed by atoms with Gasteiger partial charge in [-0.05, 0) is 36.4 Å². The molecule has 0 fully saturated rings. The largest absolute Gasteiger partial charge is 0.461 e. The zero-order valence-electron chi connectivity index (χ0n) is 16.4. The van der Waals surface area contributed by atoms with Gasteiger partial charge >= 0.3 is 0 Å². The lowest BCUT2D eigenvalue weighted by Gasteiger charge is -2.26. The Balaban J connectivity index is 1.87. The summed E-state index contributed by atoms with van der Waals surface area (Å²) >= 11 is 1.72. The molecule has 140 valence electrons. The van der Waals surface area contributed by atoms with Gasteiger partial charge in [0.2, 0.25) is 0 Å². The number of anilines is 1. The Morgan fingerprint density at radius 1 is 1.14 bits per heavy atom. The molecule has 0 radical (unpaired) electrons. The highest BCUT2D eigenvalue weighted by Gasteiger charge is 2.24. The molecule has 0 aromatic heterocycles. The van der Waals surface area contributed by atoms with E-state index < -0.39 is 0 Å². The molecule has 3 rings (SSSR count). The number of ether oxygens (including phenoxy) is 1. The Morgan fingerprint density at radius 2 is 1.86 bits per heavy atom. The number of thioether (sulfide) groups is 1. The Morgan fingerprint density at radius 3 is 2.50 bits per heavy atom. The molecular formula is C23H21N3OS. The molecule has 0 aliphatic carbocycles. The van der Waals surface area contributed by atoms with Crippen LogP contribution in [0.2, 0.25) is 0 Å². The maximum atomic E-state index is 9.22. The molecule has 0 saturated heterocycles. The van der Waals surface area contributed by atoms with Gasteiger partial charge in [0, 0.05) is 22.9 Å². The summed E-state index contributed by atoms with van der Waals surface area (Å²) < 4.78 is 6.01. The van der Waals surface area contributed by atoms with Crippen LogP contribution in [0, 0.1) is 28.1 Å². The minimum absolute atomic E-state index is 0.0795. The lowest BCUT2D eigenvalue weighted by Crippen LogP contribution is -2.15. The highest BCUT2D eigenvalue weighted by Crippen LogP contribution is 2.44. The predicted molar refractivity (Wildman–Crippen MR) is 113 cm³/mol. The van der Waals surface area contributed by atoms with Crippen molar-refractivity contribution in [1.82, 2.24) is 0 Å². The van der Waals surface area contributed by atoms with Crippen molar-refractivity contribution in [3.63, 3.8) is 0 Å². The summed E-state index contributed by atoms with van der Waals surface area (Å²) in [5.74, 6) is 1.32. The van der Waals surface area contributed by atoms with Gasteiger partial charge in [0.05, 0.1) is 10.7 Å². The van der Waals surface area contributed by atoms with Crippen molar-refractivity contribution in [3.8, 4) is 12.1 Å². The van der Waals surface area contributed by atoms with Crippen molar-refractivity contribution < 1.29 is 4.74 Å². The van der Waals surface area contributed by atoms with E-state index in [0.717, 1.165) is 10.8 Å². The lowest BCUT2D eigenvalue weighted by atomic mass is 9.90. The van der Waals surface area contributed by atoms with E-state index in [2.05, 4.69) is 17.0 Å². The van der Waals surface area contributed by atoms with Crippen LogP contribution in [0.3, 0.4) is 0 Å². The van der Waals surface area contributed by atoms with Crippen molar-refractivity contribution >= 4 is 17.4 Å². The number of fused-ring (bicyclic) bond motifs is 1. The first-order chi connectivity index (χ1) is 13.3. The van der Waals surface area contributed by atoms with E-state index >= 15 is 0 Å². The third-order valence-electron chi connectivity index (χ3n) is 4.33. The maximum absolute atomic E-state index is 9.22. The van der Waals surface area contributed by atoms with E-state index in [4.69, 9.17) is 4.74 Å². The second-order valence-corrected chi connectivity index (χ2v) is 8.52. The van der Waals surface area contributed by atoms with E-state index in [1.54, 1.807) is 23.9 Å². The second-order valence-electron chi connectivity index (χ2n) is 7.45. The van der Waals surface area contributed by atoms with E-state index in [0.29, 0.717) is 11.3 Å². The van der Waals surface area contributed by atoms with Crippen LogP contribution >= 0.6 is 11.8 Å². The van der Waals surface area contributed by atoms with Gasteiger partial charge in [0.1, 0.15) is 29.2 Å². The van der Waals surface area contributed by atoms with Crippen molar-refractivity contribution in [2.45, 2.75) is 25.7 Å². The lowest BCUT2D eigenvalue weighted by molar-refractivity contribution is 0.223. The van der Waals surface area contributed by atoms with Gasteiger partial charge in [-0.2, -0.15) is 10.5 Å². The molecule has 0 saturated carbocycles. The standard InChI is InChI=1S/C23H21N3OS/c1-23(2,3)21-13-16(17(14-24)15-25)12-18(27-21)8-7-11-22-26(4)19-9-5-6-10-20(19)28-22/h5-13H,1-4H3/b8-7+,22-11-. The molecule has 2 aliphatic rings. The molecule has 2 heterocycles. The number of allylic oxidation sites excluding steroid dienone is 8. The number of benzene rings is 1. The number of nitriles is 2. The highest BCUT2D eigenvalue weighted by molar-refractivity contribution is 8.03. The maximum Gasteiger partial charge on any atom is 0.137 e. The van der Waals surface area contributed by atoms with Crippen LogP contribution in [0.25, 0.3) is 0 Å². The molecule has 0 amide bonds. The quantitative estimate of drug-likeness (QED) is 0.599. The summed E-state index contributed by atoms with van der Waals surface area (Å²) in [6.07, 6.45) is 9.32. The molecule has 0 N–H and O–H groups in total.